The highest BCUT2D eigenvalue weighted by Gasteiger charge is 2.50. The Morgan fingerprint density at radius 3 is 1.68 bits per heavy atom. The van der Waals surface area contributed by atoms with E-state index in [9.17, 15) is 20.1 Å². The van der Waals surface area contributed by atoms with E-state index in [1.54, 1.807) is 72.8 Å². The molecule has 1 saturated carbocycles. The van der Waals surface area contributed by atoms with Crippen LogP contribution in [0.1, 0.15) is 118 Å². The standard InChI is InChI=1S/C75H70F4N8O8.C3H8O2/c1-42-40-94-75(95-42)43-18-20-50(21-19-43)92-36-10-35-87-63-33-23-52-51(22-24-54(63)85-86-87)53(52)41-93-64(91)17-5-3-2-4-6-34-80-74-72(78)70(76)69(71(77)73(74)79)68-61-31-29-59(83-61)66(45-12-8-15-48(89)38-45)57-27-25-55(81-57)65(44-11-7-14-47(88)37-44)56-26-28-58(82-56)67(60-30-32-62(68)84-60)46-13-9-16-49(90)39-46;1-3(5)2-4/h7-9,11-16,18-21,25-32,37-39,42,51-53,75,80-81,84,88-90H,2-6,10,17,22-24,33-36,40-41H2,1H3;3-5H,2H2,1H3/t42?,51-,52+,53-,75?;/m0./s1. The highest BCUT2D eigenvalue weighted by Crippen LogP contribution is 2.53. The van der Waals surface area contributed by atoms with Crippen molar-refractivity contribution in [3.63, 3.8) is 0 Å². The number of hydrogen-bond acceptors (Lipinski definition) is 15. The molecule has 4 aromatic heterocycles. The quantitative estimate of drug-likeness (QED) is 0.0136. The van der Waals surface area contributed by atoms with Crippen LogP contribution in [0.15, 0.2) is 121 Å². The second-order valence-corrected chi connectivity index (χ2v) is 26.0. The zero-order chi connectivity index (χ0) is 69.6. The number of nitrogens with one attached hydrogen (secondary N) is 3. The summed E-state index contributed by atoms with van der Waals surface area (Å²) in [6, 6.07) is 34.4. The van der Waals surface area contributed by atoms with Gasteiger partial charge in [0.2, 0.25) is 0 Å². The second kappa shape index (κ2) is 30.5. The Labute approximate surface area is 574 Å². The number of ether oxygens (including phenoxy) is 4. The molecule has 18 nitrogen and oxygen atoms in total. The van der Waals surface area contributed by atoms with Gasteiger partial charge >= 0.3 is 5.97 Å². The molecule has 0 spiro atoms. The average molecular weight is 1360 g/mol. The van der Waals surface area contributed by atoms with Crippen molar-refractivity contribution in [3.8, 4) is 67.5 Å². The Hall–Kier alpha value is -10.1. The van der Waals surface area contributed by atoms with Crippen LogP contribution in [-0.4, -0.2) is 112 Å². The molecule has 8 bridgehead atoms. The molecule has 5 aliphatic rings. The van der Waals surface area contributed by atoms with Crippen LogP contribution < -0.4 is 10.1 Å². The smallest absolute Gasteiger partial charge is 0.305 e. The van der Waals surface area contributed by atoms with Crippen molar-refractivity contribution >= 4 is 58.0 Å². The van der Waals surface area contributed by atoms with Crippen LogP contribution in [0.3, 0.4) is 0 Å². The molecule has 1 saturated heterocycles. The predicted octanol–water partition coefficient (Wildman–Crippen LogP) is 15.6. The fourth-order valence-electron chi connectivity index (χ4n) is 13.8. The minimum absolute atomic E-state index is 0.00601. The molecule has 0 radical (unpaired) electrons. The molecule has 6 atom stereocenters. The number of rotatable bonds is 22. The van der Waals surface area contributed by atoms with Crippen LogP contribution in [0.25, 0.3) is 90.9 Å². The normalized spacial score (nSPS) is 17.7. The molecule has 100 heavy (non-hydrogen) atoms. The number of nitrogens with zero attached hydrogens (tertiary/aromatic N) is 5. The largest absolute Gasteiger partial charge is 0.508 e. The zero-order valence-electron chi connectivity index (χ0n) is 55.4. The summed E-state index contributed by atoms with van der Waals surface area (Å²) in [6.45, 7) is 5.62. The summed E-state index contributed by atoms with van der Waals surface area (Å²) < 4.78 is 92.8. The fraction of sp³-hybridized carbons (Fsp3) is 0.321. The number of anilines is 1. The van der Waals surface area contributed by atoms with E-state index in [-0.39, 0.29) is 77.7 Å². The number of hydrogen-bond donors (Lipinski definition) is 8. The number of aryl methyl sites for hydroxylation is 2. The summed E-state index contributed by atoms with van der Waals surface area (Å²) in [5.41, 5.74) is 6.86. The third kappa shape index (κ3) is 15.2. The Morgan fingerprint density at radius 1 is 0.650 bits per heavy atom. The molecule has 3 unspecified atom stereocenters. The minimum Gasteiger partial charge on any atom is -0.508 e. The first kappa shape index (κ1) is 68.4. The molecule has 5 aromatic carbocycles. The van der Waals surface area contributed by atoms with Crippen LogP contribution in [0.5, 0.6) is 23.0 Å². The van der Waals surface area contributed by atoms with Gasteiger partial charge in [0, 0.05) is 75.8 Å². The molecule has 518 valence electrons. The Kier molecular flexibility index (Phi) is 20.9. The minimum atomic E-state index is -1.65. The summed E-state index contributed by atoms with van der Waals surface area (Å²) in [5, 5.41) is 59.9. The van der Waals surface area contributed by atoms with Crippen LogP contribution in [-0.2, 0) is 38.4 Å². The number of unbranched alkanes of at least 4 members (excludes halogenated alkanes) is 4. The van der Waals surface area contributed by atoms with Gasteiger partial charge in [0.05, 0.1) is 78.4 Å². The van der Waals surface area contributed by atoms with Crippen LogP contribution in [0.2, 0.25) is 0 Å². The lowest BCUT2D eigenvalue weighted by Crippen LogP contribution is -2.11. The van der Waals surface area contributed by atoms with E-state index in [1.807, 2.05) is 60.1 Å². The molecule has 3 aliphatic heterocycles. The predicted molar refractivity (Wildman–Crippen MR) is 374 cm³/mol. The number of carbonyl (C=O) groups excluding carboxylic acids is 1. The number of H-pyrrole nitrogens is 2. The molecule has 22 heteroatoms. The lowest BCUT2D eigenvalue weighted by Gasteiger charge is -2.14. The molecule has 0 amide bonds. The van der Waals surface area contributed by atoms with E-state index in [4.69, 9.17) is 39.1 Å². The molecular formula is C78H78F4N8O10. The molecule has 9 aromatic rings. The van der Waals surface area contributed by atoms with Crippen molar-refractivity contribution in [3.05, 3.63) is 184 Å². The van der Waals surface area contributed by atoms with Crippen molar-refractivity contribution in [1.82, 2.24) is 34.9 Å². The molecule has 14 rings (SSSR count). The SMILES string of the molecule is CC(O)CO.CC1COC(c2ccc(OCCCn3nnc4c3CC[C@@H]3[C@H](CC4)[C@@H]3COC(=O)CCCCCCCNc3c(F)c(F)c(-c4c5nc(c(-c6cccc(O)c6)c6ccc([nH]6)c(-c6cccc(O)c6)c6nc(c(-c7cccc(O)c7)c7ccc4[nH]7)C=C6)C=C5)c(F)c3F)cc2)O1. The number of benzene rings is 5. The third-order valence-electron chi connectivity index (χ3n) is 18.9. The summed E-state index contributed by atoms with van der Waals surface area (Å²) in [4.78, 5) is 29.8. The maximum absolute atomic E-state index is 17.1. The number of aromatic hydroxyl groups is 3. The Balaban J connectivity index is 0.00000173. The maximum Gasteiger partial charge on any atom is 0.305 e. The highest BCUT2D eigenvalue weighted by molar-refractivity contribution is 6.00. The lowest BCUT2D eigenvalue weighted by atomic mass is 10.0. The number of carbonyl (C=O) groups is 1. The van der Waals surface area contributed by atoms with Gasteiger partial charge in [0.25, 0.3) is 0 Å². The topological polar surface area (TPSA) is 255 Å². The van der Waals surface area contributed by atoms with Crippen molar-refractivity contribution in [2.45, 2.75) is 110 Å². The first-order valence-corrected chi connectivity index (χ1v) is 34.1. The van der Waals surface area contributed by atoms with Crippen molar-refractivity contribution in [2.75, 3.05) is 38.3 Å². The van der Waals surface area contributed by atoms with Crippen molar-refractivity contribution < 1.29 is 66.8 Å². The monoisotopic (exact) mass is 1360 g/mol. The van der Waals surface area contributed by atoms with Gasteiger partial charge in [-0.25, -0.2) is 32.2 Å². The van der Waals surface area contributed by atoms with Crippen LogP contribution in [0.4, 0.5) is 23.2 Å². The number of fused-ring (bicyclic) bond motifs is 10. The first-order chi connectivity index (χ1) is 48.6. The van der Waals surface area contributed by atoms with E-state index >= 15 is 17.6 Å². The number of esters is 1. The second-order valence-electron chi connectivity index (χ2n) is 26.0. The highest BCUT2D eigenvalue weighted by atomic mass is 19.2. The Morgan fingerprint density at radius 2 is 1.16 bits per heavy atom. The van der Waals surface area contributed by atoms with E-state index in [0.717, 1.165) is 49.1 Å². The first-order valence-electron chi connectivity index (χ1n) is 34.1. The van der Waals surface area contributed by atoms with E-state index in [1.165, 1.54) is 36.9 Å². The van der Waals surface area contributed by atoms with Crippen LogP contribution >= 0.6 is 0 Å². The Bertz CT molecular complexity index is 4650. The van der Waals surface area contributed by atoms with Gasteiger partial charge in [0.15, 0.2) is 29.6 Å². The van der Waals surface area contributed by atoms with Crippen LogP contribution in [0, 0.1) is 41.0 Å². The van der Waals surface area contributed by atoms with Crippen molar-refractivity contribution in [2.24, 2.45) is 17.8 Å². The fourth-order valence-corrected chi connectivity index (χ4v) is 13.8. The zero-order valence-corrected chi connectivity index (χ0v) is 55.4. The van der Waals surface area contributed by atoms with Gasteiger partial charge in [-0.05, 0) is 184 Å². The summed E-state index contributed by atoms with van der Waals surface area (Å²) in [7, 11) is 0. The molecule has 2 aliphatic carbocycles. The summed E-state index contributed by atoms with van der Waals surface area (Å²) >= 11 is 0. The summed E-state index contributed by atoms with van der Waals surface area (Å²) in [6.07, 6.45) is 13.7. The lowest BCUT2D eigenvalue weighted by molar-refractivity contribution is -0.144. The number of aliphatic hydroxyl groups excluding tert-OH is 2. The summed E-state index contributed by atoms with van der Waals surface area (Å²) in [5.74, 6) is -4.75. The third-order valence-corrected chi connectivity index (χ3v) is 18.9. The van der Waals surface area contributed by atoms with Crippen molar-refractivity contribution in [1.29, 1.82) is 0 Å². The number of phenols is 3. The number of aromatic nitrogens is 7. The number of phenolic OH excluding ortho intramolecular Hbond substituents is 3. The van der Waals surface area contributed by atoms with Gasteiger partial charge in [0.1, 0.15) is 28.7 Å². The van der Waals surface area contributed by atoms with Gasteiger partial charge in [-0.1, -0.05) is 73.0 Å². The van der Waals surface area contributed by atoms with E-state index < -0.39 is 40.6 Å². The maximum atomic E-state index is 17.1. The van der Waals surface area contributed by atoms with E-state index in [0.29, 0.717) is 138 Å². The van der Waals surface area contributed by atoms with Gasteiger partial charge in [-0.15, -0.1) is 5.10 Å². The van der Waals surface area contributed by atoms with E-state index in [2.05, 4.69) is 25.6 Å². The molecule has 8 N–H and O–H groups in total. The van der Waals surface area contributed by atoms with Gasteiger partial charge in [-0.2, -0.15) is 0 Å². The van der Waals surface area contributed by atoms with Gasteiger partial charge in [-0.3, -0.25) is 4.79 Å². The average Bonchev–Trinajstić information content (AvgIpc) is 1.53. The molecule has 7 heterocycles. The molecular weight excluding hydrogens is 1280 g/mol. The number of aliphatic hydroxyl groups is 2. The molecule has 2 fully saturated rings. The van der Waals surface area contributed by atoms with Gasteiger partial charge < -0.3 is 59.8 Å². The number of halogens is 4. The number of aromatic amines is 2.